The zero-order valence-electron chi connectivity index (χ0n) is 9.52. The number of pyridine rings is 1. The minimum atomic E-state index is -0.572. The summed E-state index contributed by atoms with van der Waals surface area (Å²) in [4.78, 5) is 18.4. The molecule has 94 valence electrons. The summed E-state index contributed by atoms with van der Waals surface area (Å²) in [5.41, 5.74) is 1.48. The first-order valence-electron chi connectivity index (χ1n) is 5.34. The lowest BCUT2D eigenvalue weighted by atomic mass is 10.3. The maximum Gasteiger partial charge on any atom is 0.433 e. The molecule has 3 rings (SSSR count). The number of aromatic nitrogens is 2. The molecule has 0 amide bonds. The average molecular weight is 273 g/mol. The zero-order chi connectivity index (χ0) is 13.2. The van der Waals surface area contributed by atoms with Gasteiger partial charge in [-0.2, -0.15) is 0 Å². The smallest absolute Gasteiger partial charge is 0.399 e. The molecular weight excluding hydrogens is 266 g/mol. The van der Waals surface area contributed by atoms with Gasteiger partial charge in [0.1, 0.15) is 15.6 Å². The third kappa shape index (κ3) is 2.23. The van der Waals surface area contributed by atoms with Gasteiger partial charge in [-0.1, -0.05) is 0 Å². The molecule has 0 spiro atoms. The summed E-state index contributed by atoms with van der Waals surface area (Å²) in [6.45, 7) is 0. The van der Waals surface area contributed by atoms with Crippen LogP contribution in [-0.4, -0.2) is 14.9 Å². The second-order valence-corrected chi connectivity index (χ2v) is 4.53. The number of furan rings is 1. The third-order valence-electron chi connectivity index (χ3n) is 2.44. The highest BCUT2D eigenvalue weighted by molar-refractivity contribution is 7.13. The molecule has 0 N–H and O–H groups in total. The van der Waals surface area contributed by atoms with Gasteiger partial charge in [0.2, 0.25) is 0 Å². The highest BCUT2D eigenvalue weighted by atomic mass is 32.1. The lowest BCUT2D eigenvalue weighted by Gasteiger charge is -1.92. The van der Waals surface area contributed by atoms with Gasteiger partial charge in [-0.15, -0.1) is 11.3 Å². The highest BCUT2D eigenvalue weighted by Gasteiger charge is 2.15. The van der Waals surface area contributed by atoms with Crippen LogP contribution in [0.1, 0.15) is 0 Å². The van der Waals surface area contributed by atoms with Crippen molar-refractivity contribution < 1.29 is 9.34 Å². The summed E-state index contributed by atoms with van der Waals surface area (Å²) >= 11 is 1.43. The van der Waals surface area contributed by atoms with Gasteiger partial charge in [0.25, 0.3) is 0 Å². The number of thiazole rings is 1. The predicted molar refractivity (Wildman–Crippen MR) is 69.7 cm³/mol. The van der Waals surface area contributed by atoms with Crippen LogP contribution in [0.4, 0.5) is 5.88 Å². The van der Waals surface area contributed by atoms with Crippen LogP contribution in [-0.2, 0) is 0 Å². The molecule has 3 aromatic rings. The van der Waals surface area contributed by atoms with Crippen molar-refractivity contribution in [3.8, 4) is 22.0 Å². The fourth-order valence-corrected chi connectivity index (χ4v) is 2.37. The standard InChI is InChI=1S/C12H7N3O3S/c16-15(17)11-4-3-10(18-11)9-7-19-12(14-9)8-2-1-5-13-6-8/h1-7H. The molecule has 0 bridgehead atoms. The molecule has 0 saturated heterocycles. The van der Waals surface area contributed by atoms with Crippen molar-refractivity contribution in [3.05, 3.63) is 52.2 Å². The van der Waals surface area contributed by atoms with E-state index in [0.717, 1.165) is 10.6 Å². The molecule has 7 heteroatoms. The fourth-order valence-electron chi connectivity index (χ4n) is 1.57. The Morgan fingerprint density at radius 3 is 2.89 bits per heavy atom. The summed E-state index contributed by atoms with van der Waals surface area (Å²) in [6.07, 6.45) is 3.40. The Bertz CT molecular complexity index is 721. The van der Waals surface area contributed by atoms with Gasteiger partial charge in [-0.3, -0.25) is 15.1 Å². The molecule has 0 fully saturated rings. The Labute approximate surface area is 111 Å². The van der Waals surface area contributed by atoms with Crippen molar-refractivity contribution >= 4 is 17.2 Å². The van der Waals surface area contributed by atoms with Crippen molar-refractivity contribution in [2.45, 2.75) is 0 Å². The summed E-state index contributed by atoms with van der Waals surface area (Å²) < 4.78 is 5.11. The molecule has 0 saturated carbocycles. The summed E-state index contributed by atoms with van der Waals surface area (Å²) in [6, 6.07) is 6.59. The van der Waals surface area contributed by atoms with Crippen molar-refractivity contribution in [3.63, 3.8) is 0 Å². The molecule has 3 aromatic heterocycles. The van der Waals surface area contributed by atoms with E-state index < -0.39 is 4.92 Å². The van der Waals surface area contributed by atoms with E-state index in [4.69, 9.17) is 4.42 Å². The Kier molecular flexibility index (Phi) is 2.81. The SMILES string of the molecule is O=[N+]([O-])c1ccc(-c2csc(-c3cccnc3)n2)o1. The van der Waals surface area contributed by atoms with E-state index in [1.807, 2.05) is 12.1 Å². The molecule has 0 aliphatic rings. The number of rotatable bonds is 3. The lowest BCUT2D eigenvalue weighted by Crippen LogP contribution is -1.82. The van der Waals surface area contributed by atoms with Crippen LogP contribution in [0.5, 0.6) is 0 Å². The molecule has 0 aliphatic heterocycles. The first-order valence-corrected chi connectivity index (χ1v) is 6.22. The fraction of sp³-hybridized carbons (Fsp3) is 0. The van der Waals surface area contributed by atoms with E-state index in [-0.39, 0.29) is 5.88 Å². The monoisotopic (exact) mass is 273 g/mol. The second kappa shape index (κ2) is 4.62. The van der Waals surface area contributed by atoms with E-state index >= 15 is 0 Å². The number of hydrogen-bond donors (Lipinski definition) is 0. The molecular formula is C12H7N3O3S. The molecule has 0 atom stereocenters. The molecule has 6 nitrogen and oxygen atoms in total. The van der Waals surface area contributed by atoms with Crippen LogP contribution in [0, 0.1) is 10.1 Å². The Hall–Kier alpha value is -2.54. The van der Waals surface area contributed by atoms with E-state index in [1.165, 1.54) is 17.4 Å². The topological polar surface area (TPSA) is 82.1 Å². The van der Waals surface area contributed by atoms with Crippen molar-refractivity contribution in [2.75, 3.05) is 0 Å². The Morgan fingerprint density at radius 1 is 1.32 bits per heavy atom. The minimum Gasteiger partial charge on any atom is -0.399 e. The number of nitrogens with zero attached hydrogens (tertiary/aromatic N) is 3. The highest BCUT2D eigenvalue weighted by Crippen LogP contribution is 2.30. The van der Waals surface area contributed by atoms with Gasteiger partial charge < -0.3 is 4.42 Å². The van der Waals surface area contributed by atoms with Gasteiger partial charge in [0.15, 0.2) is 5.76 Å². The van der Waals surface area contributed by atoms with Crippen molar-refractivity contribution in [2.24, 2.45) is 0 Å². The Morgan fingerprint density at radius 2 is 2.21 bits per heavy atom. The quantitative estimate of drug-likeness (QED) is 0.539. The summed E-state index contributed by atoms with van der Waals surface area (Å²) in [7, 11) is 0. The maximum absolute atomic E-state index is 10.6. The first-order chi connectivity index (χ1) is 9.24. The van der Waals surface area contributed by atoms with Crippen LogP contribution < -0.4 is 0 Å². The largest absolute Gasteiger partial charge is 0.433 e. The maximum atomic E-state index is 10.6. The average Bonchev–Trinajstić information content (AvgIpc) is 3.09. The van der Waals surface area contributed by atoms with Crippen LogP contribution in [0.3, 0.4) is 0 Å². The van der Waals surface area contributed by atoms with Crippen LogP contribution in [0.15, 0.2) is 46.5 Å². The van der Waals surface area contributed by atoms with E-state index in [9.17, 15) is 10.1 Å². The summed E-state index contributed by atoms with van der Waals surface area (Å²) in [5.74, 6) is 0.101. The lowest BCUT2D eigenvalue weighted by molar-refractivity contribution is -0.401. The minimum absolute atomic E-state index is 0.286. The number of nitro groups is 1. The van der Waals surface area contributed by atoms with Gasteiger partial charge in [-0.05, 0) is 18.2 Å². The molecule has 0 aliphatic carbocycles. The molecule has 0 unspecified atom stereocenters. The van der Waals surface area contributed by atoms with Gasteiger partial charge in [-0.25, -0.2) is 4.98 Å². The number of hydrogen-bond acceptors (Lipinski definition) is 6. The normalized spacial score (nSPS) is 10.5. The van der Waals surface area contributed by atoms with E-state index in [0.29, 0.717) is 11.5 Å². The van der Waals surface area contributed by atoms with E-state index in [2.05, 4.69) is 9.97 Å². The second-order valence-electron chi connectivity index (χ2n) is 3.67. The van der Waals surface area contributed by atoms with Gasteiger partial charge in [0.05, 0.1) is 6.07 Å². The molecule has 0 aromatic carbocycles. The zero-order valence-corrected chi connectivity index (χ0v) is 10.3. The van der Waals surface area contributed by atoms with Crippen molar-refractivity contribution in [1.82, 2.24) is 9.97 Å². The molecule has 0 radical (unpaired) electrons. The van der Waals surface area contributed by atoms with Gasteiger partial charge in [0, 0.05) is 23.3 Å². The third-order valence-corrected chi connectivity index (χ3v) is 3.33. The van der Waals surface area contributed by atoms with Crippen LogP contribution >= 0.6 is 11.3 Å². The first kappa shape index (κ1) is 11.5. The summed E-state index contributed by atoms with van der Waals surface area (Å²) in [5, 5.41) is 13.1. The Balaban J connectivity index is 1.94. The van der Waals surface area contributed by atoms with Crippen LogP contribution in [0.25, 0.3) is 22.0 Å². The van der Waals surface area contributed by atoms with Gasteiger partial charge >= 0.3 is 5.88 Å². The van der Waals surface area contributed by atoms with Crippen molar-refractivity contribution in [1.29, 1.82) is 0 Å². The predicted octanol–water partition coefficient (Wildman–Crippen LogP) is 3.37. The van der Waals surface area contributed by atoms with E-state index in [1.54, 1.807) is 23.8 Å². The van der Waals surface area contributed by atoms with Crippen LogP contribution in [0.2, 0.25) is 0 Å². The molecule has 19 heavy (non-hydrogen) atoms. The molecule has 3 heterocycles.